The molecule has 0 saturated carbocycles. The molecule has 2 aliphatic rings. The zero-order valence-electron chi connectivity index (χ0n) is 7.07. The summed E-state index contributed by atoms with van der Waals surface area (Å²) in [4.78, 5) is 0. The summed E-state index contributed by atoms with van der Waals surface area (Å²) in [5.41, 5.74) is 0.588. The topological polar surface area (TPSA) is 12.0 Å². The molecule has 2 heteroatoms. The van der Waals surface area contributed by atoms with Crippen LogP contribution in [0.5, 0.6) is 0 Å². The standard InChI is InChI=1S/C9H17NS/c1-2-4-9(5-6-10-9)8-11-7-3-1/h10H,1-8H2. The highest BCUT2D eigenvalue weighted by atomic mass is 32.2. The Morgan fingerprint density at radius 3 is 2.73 bits per heavy atom. The fraction of sp³-hybridized carbons (Fsp3) is 1.00. The number of rotatable bonds is 0. The van der Waals surface area contributed by atoms with E-state index in [0.29, 0.717) is 5.54 Å². The molecule has 2 fully saturated rings. The average molecular weight is 171 g/mol. The third-order valence-corrected chi connectivity index (χ3v) is 4.26. The second-order valence-corrected chi connectivity index (χ2v) is 4.93. The van der Waals surface area contributed by atoms with Gasteiger partial charge >= 0.3 is 0 Å². The van der Waals surface area contributed by atoms with Crippen LogP contribution in [0.15, 0.2) is 0 Å². The van der Waals surface area contributed by atoms with E-state index in [1.165, 1.54) is 50.2 Å². The third kappa shape index (κ3) is 1.73. The van der Waals surface area contributed by atoms with E-state index in [4.69, 9.17) is 0 Å². The van der Waals surface area contributed by atoms with Gasteiger partial charge in [0.1, 0.15) is 0 Å². The molecule has 11 heavy (non-hydrogen) atoms. The molecule has 0 bridgehead atoms. The van der Waals surface area contributed by atoms with Crippen LogP contribution in [0.1, 0.15) is 32.1 Å². The second-order valence-electron chi connectivity index (χ2n) is 3.82. The van der Waals surface area contributed by atoms with E-state index in [0.717, 1.165) is 0 Å². The van der Waals surface area contributed by atoms with E-state index < -0.39 is 0 Å². The number of hydrogen-bond donors (Lipinski definition) is 1. The lowest BCUT2D eigenvalue weighted by Crippen LogP contribution is -2.58. The van der Waals surface area contributed by atoms with E-state index in [-0.39, 0.29) is 0 Å². The highest BCUT2D eigenvalue weighted by molar-refractivity contribution is 7.99. The molecule has 0 aliphatic carbocycles. The summed E-state index contributed by atoms with van der Waals surface area (Å²) in [7, 11) is 0. The summed E-state index contributed by atoms with van der Waals surface area (Å²) in [6.45, 7) is 1.26. The summed E-state index contributed by atoms with van der Waals surface area (Å²) in [6, 6.07) is 0. The maximum absolute atomic E-state index is 3.61. The molecule has 0 aromatic heterocycles. The van der Waals surface area contributed by atoms with E-state index in [2.05, 4.69) is 17.1 Å². The molecule has 2 heterocycles. The summed E-state index contributed by atoms with van der Waals surface area (Å²) < 4.78 is 0. The maximum atomic E-state index is 3.61. The van der Waals surface area contributed by atoms with Gasteiger partial charge in [-0.05, 0) is 31.6 Å². The zero-order valence-corrected chi connectivity index (χ0v) is 7.88. The van der Waals surface area contributed by atoms with Gasteiger partial charge in [-0.3, -0.25) is 0 Å². The fourth-order valence-electron chi connectivity index (χ4n) is 2.00. The van der Waals surface area contributed by atoms with Crippen molar-refractivity contribution < 1.29 is 0 Å². The number of thioether (sulfide) groups is 1. The average Bonchev–Trinajstić information content (AvgIpc) is 1.82. The normalized spacial score (nSPS) is 39.3. The lowest BCUT2D eigenvalue weighted by atomic mass is 9.84. The molecule has 0 amide bonds. The number of nitrogens with one attached hydrogen (secondary N) is 1. The van der Waals surface area contributed by atoms with Crippen molar-refractivity contribution in [3.05, 3.63) is 0 Å². The van der Waals surface area contributed by atoms with Crippen LogP contribution in [-0.2, 0) is 0 Å². The van der Waals surface area contributed by atoms with Gasteiger partial charge in [0.05, 0.1) is 0 Å². The third-order valence-electron chi connectivity index (χ3n) is 2.93. The molecular weight excluding hydrogens is 154 g/mol. The van der Waals surface area contributed by atoms with Crippen LogP contribution in [-0.4, -0.2) is 23.6 Å². The zero-order chi connectivity index (χ0) is 7.57. The minimum absolute atomic E-state index is 0.588. The van der Waals surface area contributed by atoms with Gasteiger partial charge in [-0.15, -0.1) is 0 Å². The van der Waals surface area contributed by atoms with Gasteiger partial charge in [-0.1, -0.05) is 12.8 Å². The van der Waals surface area contributed by atoms with Crippen LogP contribution in [0.2, 0.25) is 0 Å². The van der Waals surface area contributed by atoms with Gasteiger partial charge in [-0.25, -0.2) is 0 Å². The first-order valence-corrected chi connectivity index (χ1v) is 5.90. The Morgan fingerprint density at radius 1 is 1.09 bits per heavy atom. The Hall–Kier alpha value is 0.310. The van der Waals surface area contributed by atoms with Crippen LogP contribution in [0.3, 0.4) is 0 Å². The molecule has 1 unspecified atom stereocenters. The molecule has 64 valence electrons. The van der Waals surface area contributed by atoms with Gasteiger partial charge in [0.2, 0.25) is 0 Å². The van der Waals surface area contributed by atoms with Crippen molar-refractivity contribution >= 4 is 11.8 Å². The van der Waals surface area contributed by atoms with Gasteiger partial charge in [0, 0.05) is 11.3 Å². The van der Waals surface area contributed by atoms with Crippen LogP contribution < -0.4 is 5.32 Å². The molecule has 0 radical (unpaired) electrons. The minimum Gasteiger partial charge on any atom is -0.310 e. The first-order valence-electron chi connectivity index (χ1n) is 4.74. The largest absolute Gasteiger partial charge is 0.310 e. The molecule has 1 nitrogen and oxygen atoms in total. The van der Waals surface area contributed by atoms with Crippen molar-refractivity contribution in [3.63, 3.8) is 0 Å². The van der Waals surface area contributed by atoms with Crippen LogP contribution in [0.4, 0.5) is 0 Å². The fourth-order valence-corrected chi connectivity index (χ4v) is 3.33. The molecule has 1 atom stereocenters. The van der Waals surface area contributed by atoms with Gasteiger partial charge < -0.3 is 5.32 Å². The smallest absolute Gasteiger partial charge is 0.0283 e. The lowest BCUT2D eigenvalue weighted by Gasteiger charge is -2.44. The summed E-state index contributed by atoms with van der Waals surface area (Å²) in [6.07, 6.45) is 7.21. The van der Waals surface area contributed by atoms with Crippen molar-refractivity contribution in [1.29, 1.82) is 0 Å². The van der Waals surface area contributed by atoms with Gasteiger partial charge in [0.25, 0.3) is 0 Å². The van der Waals surface area contributed by atoms with Crippen molar-refractivity contribution in [1.82, 2.24) is 5.32 Å². The van der Waals surface area contributed by atoms with Crippen molar-refractivity contribution in [2.45, 2.75) is 37.6 Å². The van der Waals surface area contributed by atoms with Crippen molar-refractivity contribution in [3.8, 4) is 0 Å². The Bertz CT molecular complexity index is 122. The van der Waals surface area contributed by atoms with Crippen LogP contribution in [0.25, 0.3) is 0 Å². The monoisotopic (exact) mass is 171 g/mol. The molecular formula is C9H17NS. The molecule has 2 aliphatic heterocycles. The quantitative estimate of drug-likeness (QED) is 0.598. The van der Waals surface area contributed by atoms with E-state index in [1.54, 1.807) is 0 Å². The SMILES string of the molecule is C1CCSCC2(CC1)CCN2. The van der Waals surface area contributed by atoms with E-state index in [1.807, 2.05) is 0 Å². The summed E-state index contributed by atoms with van der Waals surface area (Å²) >= 11 is 2.15. The van der Waals surface area contributed by atoms with Gasteiger partial charge in [0.15, 0.2) is 0 Å². The highest BCUT2D eigenvalue weighted by Gasteiger charge is 2.35. The predicted octanol–water partition coefficient (Wildman–Crippen LogP) is 2.03. The molecule has 0 aromatic carbocycles. The predicted molar refractivity (Wildman–Crippen MR) is 51.1 cm³/mol. The minimum atomic E-state index is 0.588. The second kappa shape index (κ2) is 3.36. The summed E-state index contributed by atoms with van der Waals surface area (Å²) in [5, 5.41) is 3.61. The summed E-state index contributed by atoms with van der Waals surface area (Å²) in [5.74, 6) is 2.76. The van der Waals surface area contributed by atoms with Crippen molar-refractivity contribution in [2.75, 3.05) is 18.1 Å². The van der Waals surface area contributed by atoms with E-state index >= 15 is 0 Å². The first kappa shape index (κ1) is 7.93. The Balaban J connectivity index is 1.86. The van der Waals surface area contributed by atoms with Gasteiger partial charge in [-0.2, -0.15) is 11.8 Å². The maximum Gasteiger partial charge on any atom is 0.0283 e. The number of hydrogen-bond acceptors (Lipinski definition) is 2. The Kier molecular flexibility index (Phi) is 2.42. The molecule has 0 aromatic rings. The molecule has 1 spiro atoms. The van der Waals surface area contributed by atoms with Crippen LogP contribution in [0, 0.1) is 0 Å². The molecule has 2 saturated heterocycles. The highest BCUT2D eigenvalue weighted by Crippen LogP contribution is 2.31. The first-order chi connectivity index (χ1) is 5.41. The molecule has 2 rings (SSSR count). The molecule has 1 N–H and O–H groups in total. The Morgan fingerprint density at radius 2 is 2.00 bits per heavy atom. The van der Waals surface area contributed by atoms with E-state index in [9.17, 15) is 0 Å². The lowest BCUT2D eigenvalue weighted by molar-refractivity contribution is 0.215. The Labute approximate surface area is 73.3 Å². The van der Waals surface area contributed by atoms with Crippen LogP contribution >= 0.6 is 11.8 Å². The van der Waals surface area contributed by atoms with Crippen molar-refractivity contribution in [2.24, 2.45) is 0 Å².